The van der Waals surface area contributed by atoms with Gasteiger partial charge < -0.3 is 24.1 Å². The van der Waals surface area contributed by atoms with Crippen LogP contribution >= 0.6 is 11.8 Å². The van der Waals surface area contributed by atoms with Crippen LogP contribution < -0.4 is 14.4 Å². The molecule has 1 aliphatic rings. The van der Waals surface area contributed by atoms with E-state index in [9.17, 15) is 4.39 Å². The van der Waals surface area contributed by atoms with Crippen LogP contribution in [0.2, 0.25) is 0 Å². The molecule has 3 aromatic rings. The van der Waals surface area contributed by atoms with E-state index in [1.165, 1.54) is 11.8 Å². The number of anilines is 1. The van der Waals surface area contributed by atoms with Crippen LogP contribution in [0.4, 0.5) is 10.1 Å². The van der Waals surface area contributed by atoms with Gasteiger partial charge in [0.05, 0.1) is 49.8 Å². The third-order valence-electron chi connectivity index (χ3n) is 4.60. The molecule has 3 heterocycles. The molecule has 0 atom stereocenters. The molecule has 1 aliphatic heterocycles. The second-order valence-electron chi connectivity index (χ2n) is 6.25. The van der Waals surface area contributed by atoms with Gasteiger partial charge in [-0.2, -0.15) is 0 Å². The number of nitrogens with one attached hydrogen (secondary N) is 1. The van der Waals surface area contributed by atoms with Crippen LogP contribution in [0.5, 0.6) is 11.5 Å². The van der Waals surface area contributed by atoms with Crippen LogP contribution in [-0.4, -0.2) is 55.5 Å². The quantitative estimate of drug-likeness (QED) is 0.632. The van der Waals surface area contributed by atoms with E-state index < -0.39 is 0 Å². The minimum Gasteiger partial charge on any atom is -0.493 e. The zero-order valence-electron chi connectivity index (χ0n) is 15.7. The Bertz CT molecular complexity index is 934. The third-order valence-corrected chi connectivity index (χ3v) is 5.49. The number of aromatic nitrogens is 3. The molecule has 1 fully saturated rings. The highest BCUT2D eigenvalue weighted by atomic mass is 32.2. The lowest BCUT2D eigenvalue weighted by Gasteiger charge is -2.29. The summed E-state index contributed by atoms with van der Waals surface area (Å²) >= 11 is 1.40. The largest absolute Gasteiger partial charge is 0.493 e. The van der Waals surface area contributed by atoms with E-state index in [2.05, 4.69) is 15.0 Å². The van der Waals surface area contributed by atoms with E-state index in [-0.39, 0.29) is 5.82 Å². The Morgan fingerprint density at radius 2 is 1.96 bits per heavy atom. The fraction of sp³-hybridized carbons (Fsp3) is 0.368. The molecule has 9 heteroatoms. The Balaban J connectivity index is 1.53. The summed E-state index contributed by atoms with van der Waals surface area (Å²) in [5, 5.41) is 0.684. The molecule has 0 unspecified atom stereocenters. The standard InChI is InChI=1S/C19H21FN4O3S/c1-25-16-9-12-13(10-17(16)26-2)23-19(22-12)28-11-14-18(20)15(3-4-21-14)24-5-7-27-8-6-24/h3-4,9-10H,5-8,11H2,1-2H3,(H,22,23). The number of hydrogen-bond acceptors (Lipinski definition) is 7. The van der Waals surface area contributed by atoms with Gasteiger partial charge >= 0.3 is 0 Å². The number of nitrogens with zero attached hydrogens (tertiary/aromatic N) is 3. The van der Waals surface area contributed by atoms with E-state index in [1.54, 1.807) is 26.5 Å². The molecule has 0 saturated carbocycles. The Labute approximate surface area is 166 Å². The van der Waals surface area contributed by atoms with Gasteiger partial charge in [-0.25, -0.2) is 9.37 Å². The van der Waals surface area contributed by atoms with Gasteiger partial charge in [0.2, 0.25) is 0 Å². The zero-order chi connectivity index (χ0) is 19.5. The molecule has 28 heavy (non-hydrogen) atoms. The summed E-state index contributed by atoms with van der Waals surface area (Å²) in [6.45, 7) is 2.58. The number of imidazole rings is 1. The van der Waals surface area contributed by atoms with Crippen LogP contribution in [-0.2, 0) is 10.5 Å². The highest BCUT2D eigenvalue weighted by Crippen LogP contribution is 2.33. The number of benzene rings is 1. The molecule has 0 amide bonds. The van der Waals surface area contributed by atoms with Crippen molar-refractivity contribution < 1.29 is 18.6 Å². The van der Waals surface area contributed by atoms with Crippen LogP contribution in [0.3, 0.4) is 0 Å². The minimum absolute atomic E-state index is 0.281. The molecule has 148 valence electrons. The molecule has 1 aromatic carbocycles. The minimum atomic E-state index is -0.281. The number of halogens is 1. The van der Waals surface area contributed by atoms with Gasteiger partial charge in [-0.05, 0) is 6.07 Å². The molecule has 0 radical (unpaired) electrons. The summed E-state index contributed by atoms with van der Waals surface area (Å²) in [5.41, 5.74) is 2.57. The number of fused-ring (bicyclic) bond motifs is 1. The number of pyridine rings is 1. The van der Waals surface area contributed by atoms with E-state index in [1.807, 2.05) is 17.0 Å². The van der Waals surface area contributed by atoms with Crippen molar-refractivity contribution in [2.75, 3.05) is 45.4 Å². The van der Waals surface area contributed by atoms with Gasteiger partial charge in [-0.15, -0.1) is 0 Å². The number of morpholine rings is 1. The molecule has 0 bridgehead atoms. The van der Waals surface area contributed by atoms with Crippen molar-refractivity contribution in [3.8, 4) is 11.5 Å². The fourth-order valence-electron chi connectivity index (χ4n) is 3.14. The van der Waals surface area contributed by atoms with Crippen molar-refractivity contribution in [2.45, 2.75) is 10.9 Å². The Kier molecular flexibility index (Phi) is 5.54. The van der Waals surface area contributed by atoms with Crippen LogP contribution in [0.1, 0.15) is 5.69 Å². The molecular formula is C19H21FN4O3S. The molecular weight excluding hydrogens is 383 g/mol. The van der Waals surface area contributed by atoms with Crippen molar-refractivity contribution in [1.29, 1.82) is 0 Å². The van der Waals surface area contributed by atoms with E-state index in [0.29, 0.717) is 60.1 Å². The van der Waals surface area contributed by atoms with E-state index in [0.717, 1.165) is 11.0 Å². The van der Waals surface area contributed by atoms with Gasteiger partial charge in [0.25, 0.3) is 0 Å². The second kappa shape index (κ2) is 8.24. The van der Waals surface area contributed by atoms with Gasteiger partial charge in [-0.1, -0.05) is 11.8 Å². The molecule has 1 N–H and O–H groups in total. The predicted molar refractivity (Wildman–Crippen MR) is 106 cm³/mol. The lowest BCUT2D eigenvalue weighted by molar-refractivity contribution is 0.122. The lowest BCUT2D eigenvalue weighted by Crippen LogP contribution is -2.36. The molecule has 0 spiro atoms. The van der Waals surface area contributed by atoms with E-state index >= 15 is 0 Å². The van der Waals surface area contributed by atoms with Crippen LogP contribution in [0.15, 0.2) is 29.6 Å². The predicted octanol–water partition coefficient (Wildman–Crippen LogP) is 3.24. The van der Waals surface area contributed by atoms with Crippen LogP contribution in [0, 0.1) is 5.82 Å². The van der Waals surface area contributed by atoms with Crippen molar-refractivity contribution >= 4 is 28.5 Å². The number of aromatic amines is 1. The van der Waals surface area contributed by atoms with Crippen molar-refractivity contribution in [1.82, 2.24) is 15.0 Å². The Hall–Kier alpha value is -2.52. The number of ether oxygens (including phenoxy) is 3. The highest BCUT2D eigenvalue weighted by Gasteiger charge is 2.18. The first-order valence-electron chi connectivity index (χ1n) is 8.90. The number of rotatable bonds is 6. The average Bonchev–Trinajstić information content (AvgIpc) is 3.14. The molecule has 0 aliphatic carbocycles. The SMILES string of the molecule is COc1cc2nc(SCc3nccc(N4CCOCC4)c3F)[nH]c2cc1OC. The van der Waals surface area contributed by atoms with Crippen molar-refractivity contribution in [3.63, 3.8) is 0 Å². The summed E-state index contributed by atoms with van der Waals surface area (Å²) in [6, 6.07) is 5.37. The maximum atomic E-state index is 14.9. The smallest absolute Gasteiger partial charge is 0.168 e. The fourth-order valence-corrected chi connectivity index (χ4v) is 3.96. The normalized spacial score (nSPS) is 14.5. The number of H-pyrrole nitrogens is 1. The Morgan fingerprint density at radius 1 is 1.21 bits per heavy atom. The monoisotopic (exact) mass is 404 g/mol. The first-order chi connectivity index (χ1) is 13.7. The maximum Gasteiger partial charge on any atom is 0.168 e. The maximum absolute atomic E-state index is 14.9. The molecule has 4 rings (SSSR count). The average molecular weight is 404 g/mol. The first-order valence-corrected chi connectivity index (χ1v) is 9.88. The summed E-state index contributed by atoms with van der Waals surface area (Å²) < 4.78 is 30.9. The molecule has 1 saturated heterocycles. The third kappa shape index (κ3) is 3.72. The van der Waals surface area contributed by atoms with E-state index in [4.69, 9.17) is 14.2 Å². The summed E-state index contributed by atoms with van der Waals surface area (Å²) in [5.74, 6) is 1.33. The Morgan fingerprint density at radius 3 is 2.71 bits per heavy atom. The van der Waals surface area contributed by atoms with Crippen molar-refractivity contribution in [3.05, 3.63) is 35.9 Å². The second-order valence-corrected chi connectivity index (χ2v) is 7.21. The first kappa shape index (κ1) is 18.8. The topological polar surface area (TPSA) is 72.5 Å². The van der Waals surface area contributed by atoms with Gasteiger partial charge in [0.15, 0.2) is 22.5 Å². The zero-order valence-corrected chi connectivity index (χ0v) is 16.5. The summed E-state index contributed by atoms with van der Waals surface area (Å²) in [6.07, 6.45) is 1.65. The number of methoxy groups -OCH3 is 2. The summed E-state index contributed by atoms with van der Waals surface area (Å²) in [7, 11) is 3.17. The number of hydrogen-bond donors (Lipinski definition) is 1. The molecule has 7 nitrogen and oxygen atoms in total. The highest BCUT2D eigenvalue weighted by molar-refractivity contribution is 7.98. The number of thioether (sulfide) groups is 1. The van der Waals surface area contributed by atoms with Gasteiger partial charge in [0.1, 0.15) is 0 Å². The van der Waals surface area contributed by atoms with Crippen molar-refractivity contribution in [2.24, 2.45) is 0 Å². The van der Waals surface area contributed by atoms with Gasteiger partial charge in [0, 0.05) is 37.2 Å². The summed E-state index contributed by atoms with van der Waals surface area (Å²) in [4.78, 5) is 14.0. The van der Waals surface area contributed by atoms with Gasteiger partial charge in [-0.3, -0.25) is 4.98 Å². The molecule has 2 aromatic heterocycles. The van der Waals surface area contributed by atoms with Crippen LogP contribution in [0.25, 0.3) is 11.0 Å². The lowest BCUT2D eigenvalue weighted by atomic mass is 10.2.